The van der Waals surface area contributed by atoms with Gasteiger partial charge < -0.3 is 24.6 Å². The summed E-state index contributed by atoms with van der Waals surface area (Å²) in [6.07, 6.45) is 8.49. The highest BCUT2D eigenvalue weighted by atomic mass is 127. The molecule has 4 rings (SSSR count). The summed E-state index contributed by atoms with van der Waals surface area (Å²) in [6.45, 7) is 4.96. The lowest BCUT2D eigenvalue weighted by atomic mass is 9.84. The van der Waals surface area contributed by atoms with Crippen molar-refractivity contribution < 1.29 is 38.9 Å². The number of aliphatic hydroxyl groups is 2. The number of fused-ring (bicyclic) bond motifs is 3. The predicted octanol–water partition coefficient (Wildman–Crippen LogP) is 4.95. The molecule has 3 heterocycles. The molecule has 0 saturated carbocycles. The van der Waals surface area contributed by atoms with Crippen LogP contribution in [-0.4, -0.2) is 73.1 Å². The minimum absolute atomic E-state index is 0.150. The lowest BCUT2D eigenvalue weighted by Gasteiger charge is -2.42. The Kier molecular flexibility index (Phi) is 11.6. The summed E-state index contributed by atoms with van der Waals surface area (Å²) in [6, 6.07) is 8.83. The molecule has 4 unspecified atom stereocenters. The van der Waals surface area contributed by atoms with Crippen LogP contribution in [0.3, 0.4) is 0 Å². The van der Waals surface area contributed by atoms with E-state index in [1.165, 1.54) is 11.0 Å². The quantitative estimate of drug-likeness (QED) is 0.148. The lowest BCUT2D eigenvalue weighted by molar-refractivity contribution is -0.256. The number of carbonyl (C=O) groups excluding carboxylic acids is 4. The fourth-order valence-electron chi connectivity index (χ4n) is 5.94. The number of amides is 1. The highest BCUT2D eigenvalue weighted by molar-refractivity contribution is 14.1. The summed E-state index contributed by atoms with van der Waals surface area (Å²) >= 11 is 2.25. The van der Waals surface area contributed by atoms with Crippen LogP contribution in [-0.2, 0) is 35.1 Å². The van der Waals surface area contributed by atoms with Crippen LogP contribution >= 0.6 is 22.6 Å². The van der Waals surface area contributed by atoms with Gasteiger partial charge in [-0.25, -0.2) is 4.79 Å². The maximum atomic E-state index is 13.7. The van der Waals surface area contributed by atoms with Crippen LogP contribution in [0.15, 0.2) is 66.0 Å². The van der Waals surface area contributed by atoms with E-state index in [0.717, 1.165) is 5.56 Å². The summed E-state index contributed by atoms with van der Waals surface area (Å²) in [7, 11) is 0. The molecule has 1 amide bonds. The number of hydrogen-bond acceptors (Lipinski definition) is 8. The number of halogens is 1. The molecule has 44 heavy (non-hydrogen) atoms. The third-order valence-electron chi connectivity index (χ3n) is 8.89. The van der Waals surface area contributed by atoms with Gasteiger partial charge in [-0.1, -0.05) is 72.0 Å². The molecule has 9 nitrogen and oxygen atoms in total. The molecule has 3 aliphatic heterocycles. The molecule has 0 aromatic heterocycles. The van der Waals surface area contributed by atoms with Gasteiger partial charge in [0.05, 0.1) is 15.9 Å². The molecule has 2 N–H and O–H groups in total. The van der Waals surface area contributed by atoms with Crippen LogP contribution in [0.2, 0.25) is 0 Å². The van der Waals surface area contributed by atoms with Gasteiger partial charge in [0.2, 0.25) is 5.79 Å². The minimum atomic E-state index is -2.46. The largest absolute Gasteiger partial charge is 0.512 e. The van der Waals surface area contributed by atoms with Gasteiger partial charge in [-0.3, -0.25) is 14.4 Å². The number of rotatable bonds is 3. The third-order valence-corrected chi connectivity index (χ3v) is 10.0. The van der Waals surface area contributed by atoms with Crippen LogP contribution in [0.4, 0.5) is 0 Å². The normalized spacial score (nSPS) is 35.0. The molecule has 2 fully saturated rings. The molecular weight excluding hydrogens is 677 g/mol. The SMILES string of the molecule is C/C1=C(\O)[C@H](C)C(=O)/C=C/C/C=C/C(C(I)Cc2ccccc2)OC(=O)C2CCCCN2C(=O)C(=O)[C@]2(O)OC1CC[C@H]2C. The number of carbonyl (C=O) groups is 4. The van der Waals surface area contributed by atoms with E-state index in [4.69, 9.17) is 9.47 Å². The topological polar surface area (TPSA) is 130 Å². The lowest BCUT2D eigenvalue weighted by Crippen LogP contribution is -2.60. The van der Waals surface area contributed by atoms with Crippen molar-refractivity contribution in [3.8, 4) is 0 Å². The number of benzene rings is 1. The first-order chi connectivity index (χ1) is 20.9. The highest BCUT2D eigenvalue weighted by Gasteiger charge is 2.53. The first-order valence-electron chi connectivity index (χ1n) is 15.3. The monoisotopic (exact) mass is 719 g/mol. The molecule has 3 aliphatic rings. The zero-order chi connectivity index (χ0) is 32.0. The molecule has 7 atom stereocenters. The van der Waals surface area contributed by atoms with Gasteiger partial charge in [0.25, 0.3) is 11.7 Å². The average Bonchev–Trinajstić information content (AvgIpc) is 3.03. The van der Waals surface area contributed by atoms with E-state index in [1.54, 1.807) is 32.9 Å². The molecule has 0 aliphatic carbocycles. The summed E-state index contributed by atoms with van der Waals surface area (Å²) in [5, 5.41) is 22.5. The van der Waals surface area contributed by atoms with Crippen molar-refractivity contribution in [2.75, 3.05) is 6.54 Å². The number of esters is 1. The Labute approximate surface area is 272 Å². The van der Waals surface area contributed by atoms with Crippen molar-refractivity contribution in [1.82, 2.24) is 4.90 Å². The van der Waals surface area contributed by atoms with Gasteiger partial charge in [-0.15, -0.1) is 0 Å². The number of piperidine rings is 1. The zero-order valence-electron chi connectivity index (χ0n) is 25.5. The van der Waals surface area contributed by atoms with Crippen molar-refractivity contribution in [2.24, 2.45) is 11.8 Å². The molecule has 0 spiro atoms. The van der Waals surface area contributed by atoms with Gasteiger partial charge in [0.15, 0.2) is 5.78 Å². The fraction of sp³-hybridized carbons (Fsp3) is 0.529. The maximum Gasteiger partial charge on any atom is 0.329 e. The van der Waals surface area contributed by atoms with Crippen molar-refractivity contribution in [3.05, 3.63) is 71.5 Å². The van der Waals surface area contributed by atoms with Gasteiger partial charge in [0.1, 0.15) is 17.9 Å². The van der Waals surface area contributed by atoms with Crippen molar-refractivity contribution in [1.29, 1.82) is 0 Å². The van der Waals surface area contributed by atoms with Crippen molar-refractivity contribution >= 4 is 46.0 Å². The van der Waals surface area contributed by atoms with Crippen LogP contribution in [0.5, 0.6) is 0 Å². The summed E-state index contributed by atoms with van der Waals surface area (Å²) in [5.74, 6) is -7.34. The molecule has 2 saturated heterocycles. The Hall–Kier alpha value is -2.83. The summed E-state index contributed by atoms with van der Waals surface area (Å²) in [5.41, 5.74) is 1.39. The van der Waals surface area contributed by atoms with E-state index in [0.29, 0.717) is 50.5 Å². The van der Waals surface area contributed by atoms with Crippen LogP contribution in [0.1, 0.15) is 64.9 Å². The smallest absolute Gasteiger partial charge is 0.329 e. The van der Waals surface area contributed by atoms with Gasteiger partial charge in [-0.05, 0) is 82.1 Å². The Morgan fingerprint density at radius 2 is 1.77 bits per heavy atom. The first kappa shape index (κ1) is 34.1. The van der Waals surface area contributed by atoms with Gasteiger partial charge in [-0.2, -0.15) is 0 Å². The fourth-order valence-corrected chi connectivity index (χ4v) is 6.83. The molecule has 1 aromatic rings. The summed E-state index contributed by atoms with van der Waals surface area (Å²) in [4.78, 5) is 55.2. The Bertz CT molecular complexity index is 1320. The minimum Gasteiger partial charge on any atom is -0.512 e. The van der Waals surface area contributed by atoms with E-state index in [9.17, 15) is 29.4 Å². The van der Waals surface area contributed by atoms with E-state index < -0.39 is 53.5 Å². The molecule has 10 heteroatoms. The highest BCUT2D eigenvalue weighted by Crippen LogP contribution is 2.37. The molecule has 238 valence electrons. The Balaban J connectivity index is 1.70. The van der Waals surface area contributed by atoms with E-state index in [1.807, 2.05) is 36.4 Å². The number of ether oxygens (including phenoxy) is 2. The maximum absolute atomic E-state index is 13.7. The Morgan fingerprint density at radius 3 is 2.50 bits per heavy atom. The molecule has 1 aromatic carbocycles. The zero-order valence-corrected chi connectivity index (χ0v) is 27.6. The second kappa shape index (κ2) is 15.0. The van der Waals surface area contributed by atoms with Crippen molar-refractivity contribution in [3.63, 3.8) is 0 Å². The number of hydrogen-bond donors (Lipinski definition) is 2. The molecular formula is C34H42INO8. The predicted molar refractivity (Wildman–Crippen MR) is 173 cm³/mol. The van der Waals surface area contributed by atoms with E-state index in [-0.39, 0.29) is 22.0 Å². The number of nitrogens with zero attached hydrogens (tertiary/aromatic N) is 1. The average molecular weight is 720 g/mol. The second-order valence-electron chi connectivity index (χ2n) is 12.0. The van der Waals surface area contributed by atoms with E-state index >= 15 is 0 Å². The number of ketones is 2. The summed E-state index contributed by atoms with van der Waals surface area (Å²) < 4.78 is 11.8. The van der Waals surface area contributed by atoms with Gasteiger partial charge in [0, 0.05) is 12.5 Å². The second-order valence-corrected chi connectivity index (χ2v) is 13.6. The van der Waals surface area contributed by atoms with Crippen LogP contribution in [0.25, 0.3) is 0 Å². The first-order valence-corrected chi connectivity index (χ1v) is 16.6. The van der Waals surface area contributed by atoms with E-state index in [2.05, 4.69) is 22.6 Å². The van der Waals surface area contributed by atoms with Crippen LogP contribution in [0, 0.1) is 11.8 Å². The number of alkyl halides is 1. The number of cyclic esters (lactones) is 1. The molecule has 0 radical (unpaired) electrons. The van der Waals surface area contributed by atoms with Crippen molar-refractivity contribution in [2.45, 2.75) is 93.7 Å². The number of allylic oxidation sites excluding steroid dienone is 4. The van der Waals surface area contributed by atoms with Gasteiger partial charge >= 0.3 is 5.97 Å². The Morgan fingerprint density at radius 1 is 1.05 bits per heavy atom. The molecule has 2 bridgehead atoms. The third kappa shape index (κ3) is 7.69. The van der Waals surface area contributed by atoms with Crippen LogP contribution < -0.4 is 0 Å². The number of Topliss-reactive ketones (excluding diaryl/α,β-unsaturated/α-hetero) is 1. The number of aliphatic hydroxyl groups excluding tert-OH is 1. The standard InChI is InChI=1S/C34H42INO8/c1-21-17-18-28-23(3)30(38)22(2)27(37)15-8-5-9-16-29(25(35)20-24-12-6-4-7-13-24)43-33(41)26-14-10-11-19-36(26)32(40)31(39)34(21,42)44-28/h4,6-9,12-13,15-16,21-22,25-26,28-29,38,42H,5,10-11,14,17-20H2,1-3H3/b15-8+,16-9+,30-23+/t21-,22-,25?,26?,28?,29?,34-/m1/s1.